The number of hydrogen-bond donors (Lipinski definition) is 0. The molecule has 150 valence electrons. The van der Waals surface area contributed by atoms with E-state index in [-0.39, 0.29) is 11.4 Å². The summed E-state index contributed by atoms with van der Waals surface area (Å²) in [4.78, 5) is 17.3. The van der Waals surface area contributed by atoms with E-state index in [1.54, 1.807) is 19.5 Å². The SMILES string of the molecule is COc1cc(/C=C/c2ccncc2)ccc1OC(=O)C12CC3CC(CC(C3)C1)C2. The summed E-state index contributed by atoms with van der Waals surface area (Å²) in [6.07, 6.45) is 14.5. The fraction of sp³-hybridized carbons (Fsp3) is 0.440. The van der Waals surface area contributed by atoms with Gasteiger partial charge in [-0.1, -0.05) is 18.2 Å². The molecule has 4 nitrogen and oxygen atoms in total. The van der Waals surface area contributed by atoms with Gasteiger partial charge in [0.05, 0.1) is 12.5 Å². The van der Waals surface area contributed by atoms with Gasteiger partial charge in [0, 0.05) is 12.4 Å². The van der Waals surface area contributed by atoms with Gasteiger partial charge in [-0.3, -0.25) is 9.78 Å². The summed E-state index contributed by atoms with van der Waals surface area (Å²) in [6, 6.07) is 9.64. The third-order valence-corrected chi connectivity index (χ3v) is 7.04. The molecule has 4 fully saturated rings. The summed E-state index contributed by atoms with van der Waals surface area (Å²) >= 11 is 0. The van der Waals surface area contributed by atoms with Crippen LogP contribution >= 0.6 is 0 Å². The minimum atomic E-state index is -0.264. The fourth-order valence-corrected chi connectivity index (χ4v) is 6.11. The Labute approximate surface area is 171 Å². The normalized spacial score (nSPS) is 29.9. The van der Waals surface area contributed by atoms with E-state index in [9.17, 15) is 4.79 Å². The molecule has 0 N–H and O–H groups in total. The van der Waals surface area contributed by atoms with Crippen LogP contribution in [0.3, 0.4) is 0 Å². The maximum Gasteiger partial charge on any atom is 0.317 e. The Morgan fingerprint density at radius 1 is 0.931 bits per heavy atom. The van der Waals surface area contributed by atoms with Crippen LogP contribution in [0.25, 0.3) is 12.2 Å². The largest absolute Gasteiger partial charge is 0.493 e. The maximum atomic E-state index is 13.2. The number of ether oxygens (including phenoxy) is 2. The summed E-state index contributed by atoms with van der Waals surface area (Å²) in [5.41, 5.74) is 1.81. The molecule has 0 saturated heterocycles. The van der Waals surface area contributed by atoms with E-state index in [0.717, 1.165) is 48.1 Å². The first kappa shape index (κ1) is 18.4. The molecule has 6 rings (SSSR count). The van der Waals surface area contributed by atoms with Crippen LogP contribution in [0, 0.1) is 23.2 Å². The van der Waals surface area contributed by atoms with Gasteiger partial charge < -0.3 is 9.47 Å². The summed E-state index contributed by atoms with van der Waals surface area (Å²) in [5, 5.41) is 0. The van der Waals surface area contributed by atoms with Crippen LogP contribution in [0.5, 0.6) is 11.5 Å². The molecule has 1 aromatic carbocycles. The molecular formula is C25H27NO3. The van der Waals surface area contributed by atoms with Crippen LogP contribution in [0.15, 0.2) is 42.7 Å². The molecule has 1 aromatic heterocycles. The highest BCUT2D eigenvalue weighted by molar-refractivity contribution is 5.81. The summed E-state index contributed by atoms with van der Waals surface area (Å²) in [7, 11) is 1.62. The monoisotopic (exact) mass is 389 g/mol. The van der Waals surface area contributed by atoms with Gasteiger partial charge in [-0.2, -0.15) is 0 Å². The zero-order valence-corrected chi connectivity index (χ0v) is 16.8. The zero-order valence-electron chi connectivity index (χ0n) is 16.8. The van der Waals surface area contributed by atoms with Crippen molar-refractivity contribution >= 4 is 18.1 Å². The number of benzene rings is 1. The molecule has 0 spiro atoms. The number of methoxy groups -OCH3 is 1. The van der Waals surface area contributed by atoms with E-state index in [1.807, 2.05) is 42.5 Å². The number of pyridine rings is 1. The first-order chi connectivity index (χ1) is 14.1. The quantitative estimate of drug-likeness (QED) is 0.509. The molecule has 4 saturated carbocycles. The Balaban J connectivity index is 1.33. The predicted molar refractivity (Wildman–Crippen MR) is 112 cm³/mol. The zero-order chi connectivity index (χ0) is 19.8. The van der Waals surface area contributed by atoms with Crippen molar-refractivity contribution in [1.82, 2.24) is 4.98 Å². The van der Waals surface area contributed by atoms with E-state index in [1.165, 1.54) is 19.3 Å². The van der Waals surface area contributed by atoms with Gasteiger partial charge >= 0.3 is 5.97 Å². The van der Waals surface area contributed by atoms with Crippen molar-refractivity contribution in [3.8, 4) is 11.5 Å². The van der Waals surface area contributed by atoms with E-state index >= 15 is 0 Å². The lowest BCUT2D eigenvalue weighted by atomic mass is 9.49. The average molecular weight is 389 g/mol. The molecule has 4 heteroatoms. The molecule has 0 radical (unpaired) electrons. The molecule has 0 atom stereocenters. The standard InChI is InChI=1S/C25H27NO3/c1-28-23-13-18(3-2-17-6-8-26-9-7-17)4-5-22(23)29-24(27)25-14-19-10-20(15-25)12-21(11-19)16-25/h2-9,13,19-21H,10-12,14-16H2,1H3/b3-2+. The number of nitrogens with zero attached hydrogens (tertiary/aromatic N) is 1. The lowest BCUT2D eigenvalue weighted by molar-refractivity contribution is -0.161. The van der Waals surface area contributed by atoms with Gasteiger partial charge in [0.2, 0.25) is 0 Å². The van der Waals surface area contributed by atoms with Gasteiger partial charge in [0.1, 0.15) is 0 Å². The average Bonchev–Trinajstić information content (AvgIpc) is 2.72. The van der Waals surface area contributed by atoms with Crippen LogP contribution in [-0.2, 0) is 4.79 Å². The van der Waals surface area contributed by atoms with Crippen LogP contribution in [-0.4, -0.2) is 18.1 Å². The summed E-state index contributed by atoms with van der Waals surface area (Å²) < 4.78 is 11.5. The van der Waals surface area contributed by atoms with Gasteiger partial charge in [-0.25, -0.2) is 0 Å². The van der Waals surface area contributed by atoms with E-state index < -0.39 is 0 Å². The second kappa shape index (κ2) is 7.33. The van der Waals surface area contributed by atoms with Crippen molar-refractivity contribution in [3.05, 3.63) is 53.9 Å². The third kappa shape index (κ3) is 3.57. The topological polar surface area (TPSA) is 48.4 Å². The molecule has 29 heavy (non-hydrogen) atoms. The first-order valence-corrected chi connectivity index (χ1v) is 10.6. The summed E-state index contributed by atoms with van der Waals surface area (Å²) in [6.45, 7) is 0. The van der Waals surface area contributed by atoms with Crippen molar-refractivity contribution in [2.45, 2.75) is 38.5 Å². The number of rotatable bonds is 5. The van der Waals surface area contributed by atoms with Crippen molar-refractivity contribution in [2.75, 3.05) is 7.11 Å². The first-order valence-electron chi connectivity index (χ1n) is 10.6. The van der Waals surface area contributed by atoms with Crippen LogP contribution in [0.4, 0.5) is 0 Å². The minimum Gasteiger partial charge on any atom is -0.493 e. The Morgan fingerprint density at radius 2 is 1.55 bits per heavy atom. The fourth-order valence-electron chi connectivity index (χ4n) is 6.11. The number of esters is 1. The van der Waals surface area contributed by atoms with Crippen molar-refractivity contribution in [3.63, 3.8) is 0 Å². The Hall–Kier alpha value is -2.62. The number of carbonyl (C=O) groups is 1. The molecule has 0 unspecified atom stereocenters. The van der Waals surface area contributed by atoms with E-state index in [2.05, 4.69) is 4.98 Å². The number of hydrogen-bond acceptors (Lipinski definition) is 4. The smallest absolute Gasteiger partial charge is 0.317 e. The summed E-state index contributed by atoms with van der Waals surface area (Å²) in [5.74, 6) is 3.23. The lowest BCUT2D eigenvalue weighted by Gasteiger charge is -2.55. The second-order valence-electron chi connectivity index (χ2n) is 9.11. The third-order valence-electron chi connectivity index (χ3n) is 7.04. The second-order valence-corrected chi connectivity index (χ2v) is 9.11. The molecule has 4 aliphatic rings. The molecule has 0 amide bonds. The van der Waals surface area contributed by atoms with Gasteiger partial charge in [0.25, 0.3) is 0 Å². The highest BCUT2D eigenvalue weighted by Crippen LogP contribution is 2.60. The van der Waals surface area contributed by atoms with Crippen molar-refractivity contribution in [1.29, 1.82) is 0 Å². The molecule has 2 aromatic rings. The minimum absolute atomic E-state index is 0.0463. The molecule has 4 aliphatic carbocycles. The maximum absolute atomic E-state index is 13.2. The van der Waals surface area contributed by atoms with Gasteiger partial charge in [-0.05, 0) is 91.7 Å². The van der Waals surface area contributed by atoms with E-state index in [0.29, 0.717) is 11.5 Å². The van der Waals surface area contributed by atoms with Crippen molar-refractivity contribution in [2.24, 2.45) is 23.2 Å². The lowest BCUT2D eigenvalue weighted by Crippen LogP contribution is -2.51. The highest BCUT2D eigenvalue weighted by Gasteiger charge is 2.55. The Kier molecular flexibility index (Phi) is 4.65. The molecule has 4 bridgehead atoms. The molecule has 0 aliphatic heterocycles. The highest BCUT2D eigenvalue weighted by atomic mass is 16.6. The van der Waals surface area contributed by atoms with Gasteiger partial charge in [0.15, 0.2) is 11.5 Å². The molecular weight excluding hydrogens is 362 g/mol. The van der Waals surface area contributed by atoms with Crippen LogP contribution in [0.2, 0.25) is 0 Å². The van der Waals surface area contributed by atoms with E-state index in [4.69, 9.17) is 9.47 Å². The van der Waals surface area contributed by atoms with Crippen LogP contribution < -0.4 is 9.47 Å². The number of aromatic nitrogens is 1. The predicted octanol–water partition coefficient (Wildman–Crippen LogP) is 5.38. The Bertz CT molecular complexity index is 899. The Morgan fingerprint density at radius 3 is 2.17 bits per heavy atom. The van der Waals surface area contributed by atoms with Gasteiger partial charge in [-0.15, -0.1) is 0 Å². The molecule has 1 heterocycles. The van der Waals surface area contributed by atoms with Crippen molar-refractivity contribution < 1.29 is 14.3 Å². The van der Waals surface area contributed by atoms with Crippen LogP contribution in [0.1, 0.15) is 49.7 Å². The number of carbonyl (C=O) groups excluding carboxylic acids is 1.